The maximum absolute atomic E-state index is 13.1. The van der Waals surface area contributed by atoms with Gasteiger partial charge in [0.1, 0.15) is 0 Å². The molecule has 4 fully saturated rings. The summed E-state index contributed by atoms with van der Waals surface area (Å²) in [7, 11) is -6.09. The van der Waals surface area contributed by atoms with Crippen LogP contribution in [0.1, 0.15) is 64.9 Å². The summed E-state index contributed by atoms with van der Waals surface area (Å²) in [6, 6.07) is 30.7. The molecule has 0 unspecified atom stereocenters. The average Bonchev–Trinajstić information content (AvgIpc) is 2.96. The normalized spacial score (nSPS) is 24.5. The SMILES string of the molecule is CC(C)(C)c1ccc([S+](c2ccccc2)c2ccccc2)cc1.O=C(OCC12CC3CC(CC(C3)C1)C2)C(F)(F)S(=O)(=O)[O-]. The van der Waals surface area contributed by atoms with Crippen LogP contribution >= 0.6 is 0 Å². The maximum Gasteiger partial charge on any atom is 0.428 e. The van der Waals surface area contributed by atoms with Gasteiger partial charge in [-0.1, -0.05) is 69.3 Å². The molecule has 0 aromatic heterocycles. The first-order chi connectivity index (χ1) is 20.7. The van der Waals surface area contributed by atoms with E-state index in [1.165, 1.54) is 20.2 Å². The lowest BCUT2D eigenvalue weighted by atomic mass is 9.50. The first kappa shape index (κ1) is 32.6. The van der Waals surface area contributed by atoms with Crippen LogP contribution in [0.5, 0.6) is 0 Å². The summed E-state index contributed by atoms with van der Waals surface area (Å²) in [4.78, 5) is 15.4. The Morgan fingerprint density at radius 2 is 1.20 bits per heavy atom. The molecule has 0 spiro atoms. The van der Waals surface area contributed by atoms with E-state index in [2.05, 4.69) is 110 Å². The molecule has 4 aliphatic rings. The van der Waals surface area contributed by atoms with E-state index in [0.29, 0.717) is 17.8 Å². The van der Waals surface area contributed by atoms with E-state index in [9.17, 15) is 26.5 Å². The molecule has 44 heavy (non-hydrogen) atoms. The number of alkyl halides is 2. The van der Waals surface area contributed by atoms with Crippen molar-refractivity contribution in [3.8, 4) is 0 Å². The first-order valence-corrected chi connectivity index (χ1v) is 17.8. The van der Waals surface area contributed by atoms with Crippen molar-refractivity contribution in [3.63, 3.8) is 0 Å². The third-order valence-electron chi connectivity index (χ3n) is 9.14. The Morgan fingerprint density at radius 1 is 0.795 bits per heavy atom. The second-order valence-corrected chi connectivity index (χ2v) is 17.1. The zero-order valence-electron chi connectivity index (χ0n) is 25.4. The van der Waals surface area contributed by atoms with Gasteiger partial charge in [0.05, 0.1) is 17.5 Å². The monoisotopic (exact) mass is 642 g/mol. The number of halogens is 2. The number of esters is 1. The molecule has 0 amide bonds. The van der Waals surface area contributed by atoms with E-state index < -0.39 is 21.3 Å². The number of benzene rings is 3. The van der Waals surface area contributed by atoms with Crippen molar-refractivity contribution in [2.45, 2.75) is 84.7 Å². The van der Waals surface area contributed by atoms with Gasteiger partial charge < -0.3 is 9.29 Å². The zero-order valence-corrected chi connectivity index (χ0v) is 27.0. The highest BCUT2D eigenvalue weighted by molar-refractivity contribution is 7.97. The van der Waals surface area contributed by atoms with Crippen LogP contribution in [0, 0.1) is 23.2 Å². The summed E-state index contributed by atoms with van der Waals surface area (Å²) in [5.74, 6) is -0.579. The highest BCUT2D eigenvalue weighted by Gasteiger charge is 2.53. The van der Waals surface area contributed by atoms with E-state index in [0.717, 1.165) is 38.5 Å². The quantitative estimate of drug-likeness (QED) is 0.148. The Labute approximate surface area is 262 Å². The molecule has 0 saturated heterocycles. The van der Waals surface area contributed by atoms with E-state index in [1.54, 1.807) is 0 Å². The summed E-state index contributed by atoms with van der Waals surface area (Å²) < 4.78 is 62.0. The number of hydrogen-bond acceptors (Lipinski definition) is 5. The lowest BCUT2D eigenvalue weighted by molar-refractivity contribution is -0.172. The average molecular weight is 643 g/mol. The molecule has 4 aliphatic carbocycles. The van der Waals surface area contributed by atoms with Gasteiger partial charge in [-0.05, 0) is 104 Å². The fraction of sp³-hybridized carbons (Fsp3) is 0.457. The molecule has 5 nitrogen and oxygen atoms in total. The van der Waals surface area contributed by atoms with E-state index in [1.807, 2.05) is 0 Å². The van der Waals surface area contributed by atoms with Crippen molar-refractivity contribution in [3.05, 3.63) is 90.5 Å². The summed E-state index contributed by atoms with van der Waals surface area (Å²) in [6.45, 7) is 6.57. The predicted octanol–water partition coefficient (Wildman–Crippen LogP) is 7.96. The van der Waals surface area contributed by atoms with Crippen molar-refractivity contribution in [1.82, 2.24) is 0 Å². The molecule has 0 aliphatic heterocycles. The van der Waals surface area contributed by atoms with Gasteiger partial charge in [0, 0.05) is 5.41 Å². The number of carbonyl (C=O) groups excluding carboxylic acids is 1. The molecule has 0 atom stereocenters. The lowest BCUT2D eigenvalue weighted by Crippen LogP contribution is -2.49. The van der Waals surface area contributed by atoms with Gasteiger partial charge in [-0.15, -0.1) is 0 Å². The summed E-state index contributed by atoms with van der Waals surface area (Å²) in [6.07, 6.45) is 5.96. The van der Waals surface area contributed by atoms with Crippen LogP contribution in [0.4, 0.5) is 8.78 Å². The minimum atomic E-state index is -6.04. The highest BCUT2D eigenvalue weighted by Crippen LogP contribution is 2.60. The molecule has 0 heterocycles. The number of rotatable bonds is 7. The van der Waals surface area contributed by atoms with Crippen LogP contribution in [0.3, 0.4) is 0 Å². The van der Waals surface area contributed by atoms with Crippen molar-refractivity contribution in [1.29, 1.82) is 0 Å². The minimum absolute atomic E-state index is 0.0497. The molecule has 0 radical (unpaired) electrons. The van der Waals surface area contributed by atoms with Gasteiger partial charge in [-0.3, -0.25) is 0 Å². The lowest BCUT2D eigenvalue weighted by Gasteiger charge is -2.56. The molecule has 4 bridgehead atoms. The van der Waals surface area contributed by atoms with Crippen molar-refractivity contribution < 1.29 is 31.3 Å². The molecule has 4 saturated carbocycles. The standard InChI is InChI=1S/C22H23S.C13H18F2O5S/c1-22(2,3)18-14-16-21(17-15-18)23(19-10-6-4-7-11-19)20-12-8-5-9-13-20;14-13(15,21(17,18)19)11(16)20-7-12-4-8-1-9(5-12)3-10(2-8)6-12/h4-17H,1-3H3;8-10H,1-7H2,(H,17,18,19)/q+1;/p-1. The smallest absolute Gasteiger partial charge is 0.428 e. The third kappa shape index (κ3) is 7.21. The zero-order chi connectivity index (χ0) is 31.8. The summed E-state index contributed by atoms with van der Waals surface area (Å²) in [5, 5.41) is -5.00. The van der Waals surface area contributed by atoms with Crippen LogP contribution < -0.4 is 0 Å². The Hall–Kier alpha value is -2.75. The van der Waals surface area contributed by atoms with Crippen LogP contribution in [0.2, 0.25) is 0 Å². The highest BCUT2D eigenvalue weighted by atomic mass is 32.2. The van der Waals surface area contributed by atoms with Crippen LogP contribution in [-0.4, -0.2) is 30.8 Å². The van der Waals surface area contributed by atoms with E-state index in [4.69, 9.17) is 0 Å². The Kier molecular flexibility index (Phi) is 9.32. The Morgan fingerprint density at radius 3 is 1.59 bits per heavy atom. The second-order valence-electron chi connectivity index (χ2n) is 13.7. The third-order valence-corrected chi connectivity index (χ3v) is 12.2. The maximum atomic E-state index is 13.1. The molecule has 7 rings (SSSR count). The molecule has 9 heteroatoms. The summed E-state index contributed by atoms with van der Waals surface area (Å²) >= 11 is 0. The van der Waals surface area contributed by atoms with Crippen LogP contribution in [0.15, 0.2) is 99.6 Å². The van der Waals surface area contributed by atoms with Gasteiger partial charge in [0.2, 0.25) is 0 Å². The van der Waals surface area contributed by atoms with Gasteiger partial charge in [0.15, 0.2) is 24.8 Å². The molecular weight excluding hydrogens is 603 g/mol. The molecular formula is C35H40F2O5S2. The topological polar surface area (TPSA) is 83.5 Å². The van der Waals surface area contributed by atoms with Crippen molar-refractivity contribution in [2.24, 2.45) is 23.2 Å². The predicted molar refractivity (Wildman–Crippen MR) is 166 cm³/mol. The fourth-order valence-electron chi connectivity index (χ4n) is 7.48. The molecule has 236 valence electrons. The molecule has 3 aromatic carbocycles. The van der Waals surface area contributed by atoms with Crippen molar-refractivity contribution >= 4 is 27.0 Å². The van der Waals surface area contributed by atoms with Gasteiger partial charge in [-0.25, -0.2) is 13.2 Å². The molecule has 0 N–H and O–H groups in total. The van der Waals surface area contributed by atoms with Crippen molar-refractivity contribution in [2.75, 3.05) is 6.61 Å². The number of ether oxygens (including phenoxy) is 1. The fourth-order valence-corrected chi connectivity index (χ4v) is 9.83. The Bertz CT molecular complexity index is 1460. The van der Waals surface area contributed by atoms with Gasteiger partial charge >= 0.3 is 11.2 Å². The van der Waals surface area contributed by atoms with E-state index in [-0.39, 0.29) is 28.3 Å². The largest absolute Gasteiger partial charge is 0.743 e. The van der Waals surface area contributed by atoms with Crippen LogP contribution in [-0.2, 0) is 36.0 Å². The Balaban J connectivity index is 0.000000175. The first-order valence-electron chi connectivity index (χ1n) is 15.1. The van der Waals surface area contributed by atoms with E-state index >= 15 is 0 Å². The summed E-state index contributed by atoms with van der Waals surface area (Å²) in [5.41, 5.74) is 1.27. The van der Waals surface area contributed by atoms with Gasteiger partial charge in [0.25, 0.3) is 0 Å². The minimum Gasteiger partial charge on any atom is -0.743 e. The molecule has 3 aromatic rings. The second kappa shape index (κ2) is 12.6. The number of hydrogen-bond donors (Lipinski definition) is 0. The number of carbonyl (C=O) groups is 1. The van der Waals surface area contributed by atoms with Gasteiger partial charge in [-0.2, -0.15) is 8.78 Å². The van der Waals surface area contributed by atoms with Crippen LogP contribution in [0.25, 0.3) is 0 Å².